The first-order valence-electron chi connectivity index (χ1n) is 6.71. The molecule has 21 heavy (non-hydrogen) atoms. The summed E-state index contributed by atoms with van der Waals surface area (Å²) < 4.78 is 1.70. The van der Waals surface area contributed by atoms with Crippen LogP contribution >= 0.6 is 38.9 Å². The van der Waals surface area contributed by atoms with E-state index in [4.69, 9.17) is 11.6 Å². The van der Waals surface area contributed by atoms with Crippen LogP contribution in [0.5, 0.6) is 0 Å². The molecule has 2 heterocycles. The topological polar surface area (TPSA) is 32.3 Å². The minimum absolute atomic E-state index is 0.209. The van der Waals surface area contributed by atoms with E-state index in [1.54, 1.807) is 11.3 Å². The van der Waals surface area contributed by atoms with Crippen molar-refractivity contribution < 1.29 is 4.79 Å². The van der Waals surface area contributed by atoms with E-state index in [0.29, 0.717) is 13.0 Å². The minimum atomic E-state index is 0.209. The van der Waals surface area contributed by atoms with Crippen molar-refractivity contribution in [3.05, 3.63) is 44.0 Å². The maximum Gasteiger partial charge on any atom is 0.227 e. The average molecular weight is 386 g/mol. The summed E-state index contributed by atoms with van der Waals surface area (Å²) in [6.07, 6.45) is 1.59. The molecular weight excluding hydrogens is 372 g/mol. The number of amides is 1. The predicted molar refractivity (Wildman–Crippen MR) is 92.4 cm³/mol. The van der Waals surface area contributed by atoms with Crippen molar-refractivity contribution in [1.82, 2.24) is 0 Å². The lowest BCUT2D eigenvalue weighted by Gasteiger charge is -2.17. The second-order valence-electron chi connectivity index (χ2n) is 4.89. The molecule has 1 aliphatic rings. The number of thiophene rings is 1. The van der Waals surface area contributed by atoms with Crippen molar-refractivity contribution in [1.29, 1.82) is 0 Å². The number of nitrogens with zero attached hydrogens (tertiary/aromatic N) is 1. The van der Waals surface area contributed by atoms with Gasteiger partial charge in [0.25, 0.3) is 0 Å². The van der Waals surface area contributed by atoms with Crippen molar-refractivity contribution in [3.8, 4) is 0 Å². The Balaban J connectivity index is 1.70. The van der Waals surface area contributed by atoms with Crippen LogP contribution < -0.4 is 10.2 Å². The molecule has 0 unspecified atom stereocenters. The standard InChI is InChI=1S/C15H14BrClN2OS/c16-13-8-12(21-15(13)17)9-18-10-3-1-4-11(7-10)19-6-2-5-14(19)20/h1,3-4,7-8,18H,2,5-6,9H2. The second-order valence-corrected chi connectivity index (χ2v) is 7.48. The smallest absolute Gasteiger partial charge is 0.227 e. The number of carbonyl (C=O) groups excluding carboxylic acids is 1. The van der Waals surface area contributed by atoms with Crippen LogP contribution in [0.25, 0.3) is 0 Å². The van der Waals surface area contributed by atoms with Crippen LogP contribution in [-0.4, -0.2) is 12.5 Å². The average Bonchev–Trinajstić information content (AvgIpc) is 3.03. The molecule has 110 valence electrons. The van der Waals surface area contributed by atoms with E-state index >= 15 is 0 Å². The SMILES string of the molecule is O=C1CCCN1c1cccc(NCc2cc(Br)c(Cl)s2)c1. The maximum atomic E-state index is 11.8. The van der Waals surface area contributed by atoms with Crippen molar-refractivity contribution in [2.24, 2.45) is 0 Å². The minimum Gasteiger partial charge on any atom is -0.380 e. The van der Waals surface area contributed by atoms with Crippen LogP contribution in [0, 0.1) is 0 Å². The van der Waals surface area contributed by atoms with Gasteiger partial charge in [0.2, 0.25) is 5.91 Å². The highest BCUT2D eigenvalue weighted by Crippen LogP contribution is 2.32. The molecule has 0 aliphatic carbocycles. The Morgan fingerprint density at radius 2 is 2.24 bits per heavy atom. The van der Waals surface area contributed by atoms with Gasteiger partial charge in [0.05, 0.1) is 0 Å². The van der Waals surface area contributed by atoms with E-state index in [1.807, 2.05) is 35.2 Å². The molecule has 1 N–H and O–H groups in total. The normalized spacial score (nSPS) is 14.8. The molecule has 6 heteroatoms. The lowest BCUT2D eigenvalue weighted by Crippen LogP contribution is -2.23. The highest BCUT2D eigenvalue weighted by Gasteiger charge is 2.21. The van der Waals surface area contributed by atoms with Gasteiger partial charge in [-0.1, -0.05) is 17.7 Å². The fourth-order valence-corrected chi connectivity index (χ4v) is 4.10. The quantitative estimate of drug-likeness (QED) is 0.811. The van der Waals surface area contributed by atoms with E-state index in [1.165, 1.54) is 0 Å². The number of anilines is 2. The molecule has 1 aromatic heterocycles. The summed E-state index contributed by atoms with van der Waals surface area (Å²) >= 11 is 11.0. The molecule has 0 atom stereocenters. The van der Waals surface area contributed by atoms with Gasteiger partial charge in [-0.3, -0.25) is 4.79 Å². The summed E-state index contributed by atoms with van der Waals surface area (Å²) in [4.78, 5) is 14.8. The molecule has 1 aliphatic heterocycles. The first-order valence-corrected chi connectivity index (χ1v) is 8.70. The van der Waals surface area contributed by atoms with Crippen molar-refractivity contribution in [2.45, 2.75) is 19.4 Å². The third-order valence-electron chi connectivity index (χ3n) is 3.39. The number of halogens is 2. The summed E-state index contributed by atoms with van der Waals surface area (Å²) in [5.74, 6) is 0.209. The number of hydrogen-bond acceptors (Lipinski definition) is 3. The number of carbonyl (C=O) groups is 1. The monoisotopic (exact) mass is 384 g/mol. The highest BCUT2D eigenvalue weighted by atomic mass is 79.9. The second kappa shape index (κ2) is 6.38. The molecule has 0 bridgehead atoms. The zero-order valence-electron chi connectivity index (χ0n) is 11.2. The Morgan fingerprint density at radius 1 is 1.38 bits per heavy atom. The van der Waals surface area contributed by atoms with Gasteiger partial charge in [0.1, 0.15) is 4.34 Å². The summed E-state index contributed by atoms with van der Waals surface area (Å²) in [5.41, 5.74) is 1.97. The Kier molecular flexibility index (Phi) is 4.52. The molecule has 2 aromatic rings. The van der Waals surface area contributed by atoms with E-state index < -0.39 is 0 Å². The van der Waals surface area contributed by atoms with Gasteiger partial charge in [-0.25, -0.2) is 0 Å². The van der Waals surface area contributed by atoms with Crippen LogP contribution in [-0.2, 0) is 11.3 Å². The fraction of sp³-hybridized carbons (Fsp3) is 0.267. The van der Waals surface area contributed by atoms with Gasteiger partial charge in [0, 0.05) is 40.2 Å². The van der Waals surface area contributed by atoms with Crippen LogP contribution in [0.2, 0.25) is 4.34 Å². The van der Waals surface area contributed by atoms with E-state index in [0.717, 1.165) is 38.0 Å². The molecule has 0 saturated carbocycles. The number of nitrogens with one attached hydrogen (secondary N) is 1. The number of rotatable bonds is 4. The first kappa shape index (κ1) is 14.9. The predicted octanol–water partition coefficient (Wildman–Crippen LogP) is 4.90. The molecule has 3 nitrogen and oxygen atoms in total. The summed E-state index contributed by atoms with van der Waals surface area (Å²) in [6, 6.07) is 10.0. The van der Waals surface area contributed by atoms with Gasteiger partial charge < -0.3 is 10.2 Å². The molecule has 3 rings (SSSR count). The molecule has 1 fully saturated rings. The third-order valence-corrected chi connectivity index (χ3v) is 5.87. The zero-order chi connectivity index (χ0) is 14.8. The Bertz CT molecular complexity index is 654. The maximum absolute atomic E-state index is 11.8. The Labute approximate surface area is 141 Å². The van der Waals surface area contributed by atoms with Crippen LogP contribution in [0.1, 0.15) is 17.7 Å². The summed E-state index contributed by atoms with van der Waals surface area (Å²) in [5, 5.41) is 3.37. The number of benzene rings is 1. The fourth-order valence-electron chi connectivity index (χ4n) is 2.37. The molecule has 1 amide bonds. The van der Waals surface area contributed by atoms with Gasteiger partial charge in [-0.05, 0) is 46.6 Å². The van der Waals surface area contributed by atoms with E-state index in [-0.39, 0.29) is 5.91 Å². The molecular formula is C15H14BrClN2OS. The Morgan fingerprint density at radius 3 is 2.90 bits per heavy atom. The Hall–Kier alpha value is -1.04. The van der Waals surface area contributed by atoms with Crippen LogP contribution in [0.3, 0.4) is 0 Å². The number of hydrogen-bond donors (Lipinski definition) is 1. The van der Waals surface area contributed by atoms with Crippen molar-refractivity contribution in [2.75, 3.05) is 16.8 Å². The van der Waals surface area contributed by atoms with Crippen LogP contribution in [0.15, 0.2) is 34.8 Å². The van der Waals surface area contributed by atoms with Crippen LogP contribution in [0.4, 0.5) is 11.4 Å². The van der Waals surface area contributed by atoms with Crippen molar-refractivity contribution >= 4 is 56.1 Å². The van der Waals surface area contributed by atoms with Gasteiger partial charge >= 0.3 is 0 Å². The van der Waals surface area contributed by atoms with E-state index in [2.05, 4.69) is 21.2 Å². The third kappa shape index (κ3) is 3.42. The molecule has 1 aromatic carbocycles. The van der Waals surface area contributed by atoms with Gasteiger partial charge in [-0.15, -0.1) is 11.3 Å². The highest BCUT2D eigenvalue weighted by molar-refractivity contribution is 9.10. The lowest BCUT2D eigenvalue weighted by atomic mass is 10.2. The molecule has 0 radical (unpaired) electrons. The lowest BCUT2D eigenvalue weighted by molar-refractivity contribution is -0.117. The van der Waals surface area contributed by atoms with E-state index in [9.17, 15) is 4.79 Å². The van der Waals surface area contributed by atoms with Gasteiger partial charge in [0.15, 0.2) is 0 Å². The largest absolute Gasteiger partial charge is 0.380 e. The summed E-state index contributed by atoms with van der Waals surface area (Å²) in [7, 11) is 0. The first-order chi connectivity index (χ1) is 10.1. The summed E-state index contributed by atoms with van der Waals surface area (Å²) in [6.45, 7) is 1.53. The van der Waals surface area contributed by atoms with Crippen molar-refractivity contribution in [3.63, 3.8) is 0 Å². The molecule has 1 saturated heterocycles. The zero-order valence-corrected chi connectivity index (χ0v) is 14.4. The molecule has 0 spiro atoms. The van der Waals surface area contributed by atoms with Gasteiger partial charge in [-0.2, -0.15) is 0 Å².